The van der Waals surface area contributed by atoms with Crippen molar-refractivity contribution < 1.29 is 23.8 Å². The van der Waals surface area contributed by atoms with E-state index in [1.54, 1.807) is 25.1 Å². The highest BCUT2D eigenvalue weighted by Gasteiger charge is 2.23. The molecule has 0 radical (unpaired) electrons. The first-order valence-electron chi connectivity index (χ1n) is 9.24. The first-order valence-corrected chi connectivity index (χ1v) is 9.24. The van der Waals surface area contributed by atoms with E-state index < -0.39 is 12.1 Å². The number of carbonyl (C=O) groups is 1. The molecule has 2 aromatic carbocycles. The van der Waals surface area contributed by atoms with Gasteiger partial charge in [0, 0.05) is 17.5 Å². The number of hydrogen-bond donors (Lipinski definition) is 1. The summed E-state index contributed by atoms with van der Waals surface area (Å²) in [6, 6.07) is 14.7. The van der Waals surface area contributed by atoms with E-state index in [0.29, 0.717) is 34.6 Å². The van der Waals surface area contributed by atoms with Crippen LogP contribution in [0.25, 0.3) is 22.3 Å². The monoisotopic (exact) mass is 383 g/mol. The highest BCUT2D eigenvalue weighted by Crippen LogP contribution is 2.36. The molecule has 1 heterocycles. The van der Waals surface area contributed by atoms with E-state index in [1.807, 2.05) is 49.3 Å². The van der Waals surface area contributed by atoms with Crippen LogP contribution < -0.4 is 4.74 Å². The fourth-order valence-corrected chi connectivity index (χ4v) is 3.03. The Balaban J connectivity index is 1.97. The van der Waals surface area contributed by atoms with Crippen molar-refractivity contribution >= 4 is 16.9 Å². The number of carbonyl (C=O) groups excluding carboxylic acids is 1. The third-order valence-electron chi connectivity index (χ3n) is 4.19. The molecule has 1 atom stereocenters. The summed E-state index contributed by atoms with van der Waals surface area (Å²) in [4.78, 5) is 14.5. The minimum Gasteiger partial charge on any atom is -0.491 e. The summed E-state index contributed by atoms with van der Waals surface area (Å²) in [5.41, 5.74) is 1.75. The van der Waals surface area contributed by atoms with E-state index in [1.165, 1.54) is 0 Å². The summed E-state index contributed by atoms with van der Waals surface area (Å²) in [6.07, 6.45) is -0.612. The predicted molar refractivity (Wildman–Crippen MR) is 108 cm³/mol. The number of nitrogens with zero attached hydrogens (tertiary/aromatic N) is 1. The van der Waals surface area contributed by atoms with Crippen LogP contribution in [0.5, 0.6) is 5.75 Å². The van der Waals surface area contributed by atoms with Gasteiger partial charge in [0.1, 0.15) is 35.4 Å². The van der Waals surface area contributed by atoms with Gasteiger partial charge in [-0.1, -0.05) is 30.3 Å². The Kier molecular flexibility index (Phi) is 6.34. The Hall–Kier alpha value is -2.83. The van der Waals surface area contributed by atoms with E-state index in [-0.39, 0.29) is 13.2 Å². The Labute approximate surface area is 164 Å². The van der Waals surface area contributed by atoms with Crippen LogP contribution in [0.4, 0.5) is 0 Å². The van der Waals surface area contributed by atoms with Gasteiger partial charge in [0.2, 0.25) is 0 Å². The van der Waals surface area contributed by atoms with E-state index in [2.05, 4.69) is 0 Å². The molecule has 0 aliphatic carbocycles. The molecule has 0 fully saturated rings. The van der Waals surface area contributed by atoms with Gasteiger partial charge in [-0.15, -0.1) is 0 Å². The highest BCUT2D eigenvalue weighted by molar-refractivity contribution is 6.09. The lowest BCUT2D eigenvalue weighted by Crippen LogP contribution is -2.30. The first kappa shape index (κ1) is 19.9. The van der Waals surface area contributed by atoms with Crippen molar-refractivity contribution in [3.05, 3.63) is 54.1 Å². The average molecular weight is 383 g/mol. The molecule has 3 rings (SSSR count). The molecule has 6 nitrogen and oxygen atoms in total. The van der Waals surface area contributed by atoms with Crippen molar-refractivity contribution in [2.24, 2.45) is 0 Å². The molecule has 148 valence electrons. The van der Waals surface area contributed by atoms with E-state index in [4.69, 9.17) is 13.9 Å². The van der Waals surface area contributed by atoms with E-state index >= 15 is 0 Å². The van der Waals surface area contributed by atoms with Crippen LogP contribution in [-0.4, -0.2) is 55.9 Å². The second kappa shape index (κ2) is 8.91. The second-order valence-electron chi connectivity index (χ2n) is 6.78. The summed E-state index contributed by atoms with van der Waals surface area (Å²) >= 11 is 0. The van der Waals surface area contributed by atoms with Crippen molar-refractivity contribution in [3.8, 4) is 17.1 Å². The molecule has 3 aromatic rings. The van der Waals surface area contributed by atoms with Gasteiger partial charge < -0.3 is 23.9 Å². The van der Waals surface area contributed by atoms with Crippen molar-refractivity contribution in [2.75, 3.05) is 33.9 Å². The summed E-state index contributed by atoms with van der Waals surface area (Å²) in [7, 11) is 3.77. The van der Waals surface area contributed by atoms with Gasteiger partial charge in [-0.05, 0) is 39.2 Å². The predicted octanol–water partition coefficient (Wildman–Crippen LogP) is 3.58. The summed E-state index contributed by atoms with van der Waals surface area (Å²) in [5, 5.41) is 10.6. The number of esters is 1. The maximum absolute atomic E-state index is 12.6. The van der Waals surface area contributed by atoms with Crippen LogP contribution in [0.2, 0.25) is 0 Å². The zero-order chi connectivity index (χ0) is 20.1. The van der Waals surface area contributed by atoms with Crippen molar-refractivity contribution in [3.63, 3.8) is 0 Å². The largest absolute Gasteiger partial charge is 0.491 e. The number of hydrogen-bond acceptors (Lipinski definition) is 6. The summed E-state index contributed by atoms with van der Waals surface area (Å²) < 4.78 is 16.9. The second-order valence-corrected chi connectivity index (χ2v) is 6.78. The number of ether oxygens (including phenoxy) is 2. The molecule has 0 amide bonds. The number of fused-ring (bicyclic) bond motifs is 1. The fraction of sp³-hybridized carbons (Fsp3) is 0.318. The number of likely N-dealkylation sites (N-methyl/N-ethyl adjacent to an activating group) is 1. The van der Waals surface area contributed by atoms with Gasteiger partial charge in [-0.3, -0.25) is 0 Å². The van der Waals surface area contributed by atoms with Gasteiger partial charge in [0.25, 0.3) is 0 Å². The fourth-order valence-electron chi connectivity index (χ4n) is 3.03. The molecule has 0 spiro atoms. The lowest BCUT2D eigenvalue weighted by atomic mass is 10.1. The van der Waals surface area contributed by atoms with E-state index in [0.717, 1.165) is 5.56 Å². The van der Waals surface area contributed by atoms with Crippen LogP contribution in [0.15, 0.2) is 52.9 Å². The van der Waals surface area contributed by atoms with Crippen molar-refractivity contribution in [1.29, 1.82) is 0 Å². The number of rotatable bonds is 8. The number of aliphatic hydroxyl groups excluding tert-OH is 1. The zero-order valence-corrected chi connectivity index (χ0v) is 16.3. The molecule has 1 N–H and O–H groups in total. The molecule has 0 saturated carbocycles. The first-order chi connectivity index (χ1) is 13.5. The molecule has 0 bridgehead atoms. The standard InChI is InChI=1S/C22H25NO5/c1-4-26-22(25)20-18-12-17(27-14-16(24)13-23(2)3)10-11-19(18)28-21(20)15-8-6-5-7-9-15/h5-12,16,24H,4,13-14H2,1-3H3/t16-/m1/s1. The van der Waals surface area contributed by atoms with Crippen LogP contribution in [-0.2, 0) is 4.74 Å². The molecule has 28 heavy (non-hydrogen) atoms. The maximum atomic E-state index is 12.6. The van der Waals surface area contributed by atoms with Gasteiger partial charge in [-0.25, -0.2) is 4.79 Å². The van der Waals surface area contributed by atoms with Crippen LogP contribution in [0.3, 0.4) is 0 Å². The molecule has 0 saturated heterocycles. The number of furan rings is 1. The SMILES string of the molecule is CCOC(=O)c1c(-c2ccccc2)oc2ccc(OC[C@H](O)CN(C)C)cc12. The summed E-state index contributed by atoms with van der Waals surface area (Å²) in [6.45, 7) is 2.69. The van der Waals surface area contributed by atoms with Crippen molar-refractivity contribution in [1.82, 2.24) is 4.90 Å². The van der Waals surface area contributed by atoms with Gasteiger partial charge in [0.05, 0.1) is 6.61 Å². The molecule has 1 aromatic heterocycles. The molecule has 0 aliphatic rings. The zero-order valence-electron chi connectivity index (χ0n) is 16.3. The minimum atomic E-state index is -0.612. The Morgan fingerprint density at radius 1 is 1.18 bits per heavy atom. The third kappa shape index (κ3) is 4.52. The van der Waals surface area contributed by atoms with Gasteiger partial charge in [-0.2, -0.15) is 0 Å². The molecular formula is C22H25NO5. The smallest absolute Gasteiger partial charge is 0.342 e. The Morgan fingerprint density at radius 3 is 2.61 bits per heavy atom. The topological polar surface area (TPSA) is 72.1 Å². The van der Waals surface area contributed by atoms with Gasteiger partial charge in [0.15, 0.2) is 0 Å². The molecule has 0 aliphatic heterocycles. The number of aliphatic hydroxyl groups is 1. The lowest BCUT2D eigenvalue weighted by molar-refractivity contribution is 0.0528. The quantitative estimate of drug-likeness (QED) is 0.600. The minimum absolute atomic E-state index is 0.155. The normalized spacial score (nSPS) is 12.3. The third-order valence-corrected chi connectivity index (χ3v) is 4.19. The van der Waals surface area contributed by atoms with Crippen LogP contribution >= 0.6 is 0 Å². The highest BCUT2D eigenvalue weighted by atomic mass is 16.5. The van der Waals surface area contributed by atoms with Crippen LogP contribution in [0.1, 0.15) is 17.3 Å². The maximum Gasteiger partial charge on any atom is 0.342 e. The summed E-state index contributed by atoms with van der Waals surface area (Å²) in [5.74, 6) is 0.583. The average Bonchev–Trinajstić information content (AvgIpc) is 3.05. The molecular weight excluding hydrogens is 358 g/mol. The molecule has 0 unspecified atom stereocenters. The molecule has 6 heteroatoms. The van der Waals surface area contributed by atoms with Gasteiger partial charge >= 0.3 is 5.97 Å². The lowest BCUT2D eigenvalue weighted by Gasteiger charge is -2.16. The van der Waals surface area contributed by atoms with E-state index in [9.17, 15) is 9.90 Å². The van der Waals surface area contributed by atoms with Crippen LogP contribution in [0, 0.1) is 0 Å². The number of benzene rings is 2. The Bertz CT molecular complexity index is 933. The Morgan fingerprint density at radius 2 is 1.93 bits per heavy atom. The van der Waals surface area contributed by atoms with Crippen molar-refractivity contribution in [2.45, 2.75) is 13.0 Å².